The van der Waals surface area contributed by atoms with E-state index in [1.807, 2.05) is 16.9 Å². The molecule has 3 N–H and O–H groups in total. The van der Waals surface area contributed by atoms with E-state index in [2.05, 4.69) is 15.7 Å². The molecule has 2 aromatic rings. The summed E-state index contributed by atoms with van der Waals surface area (Å²) in [4.78, 5) is 10.8. The number of nitrogens with one attached hydrogen (secondary N) is 2. The van der Waals surface area contributed by atoms with E-state index in [0.29, 0.717) is 18.8 Å². The Balaban J connectivity index is 1.73. The molecule has 1 aliphatic rings. The highest BCUT2D eigenvalue weighted by Gasteiger charge is 2.24. The van der Waals surface area contributed by atoms with Crippen LogP contribution in [0.2, 0.25) is 0 Å². The van der Waals surface area contributed by atoms with Crippen LogP contribution in [0.4, 0.5) is 11.4 Å². The molecule has 1 heterocycles. The van der Waals surface area contributed by atoms with Crippen LogP contribution in [0.5, 0.6) is 0 Å². The maximum Gasteiger partial charge on any atom is 0.292 e. The lowest BCUT2D eigenvalue weighted by Crippen LogP contribution is -2.25. The first-order valence-corrected chi connectivity index (χ1v) is 8.48. The van der Waals surface area contributed by atoms with E-state index >= 15 is 0 Å². The van der Waals surface area contributed by atoms with Gasteiger partial charge < -0.3 is 15.7 Å². The summed E-state index contributed by atoms with van der Waals surface area (Å²) >= 11 is 0. The lowest BCUT2D eigenvalue weighted by Gasteiger charge is -2.24. The minimum Gasteiger partial charge on any atom is -0.394 e. The van der Waals surface area contributed by atoms with Crippen LogP contribution in [0.1, 0.15) is 35.7 Å². The third-order valence-corrected chi connectivity index (χ3v) is 4.66. The highest BCUT2D eigenvalue weighted by Crippen LogP contribution is 2.30. The van der Waals surface area contributed by atoms with Crippen molar-refractivity contribution in [2.45, 2.75) is 38.4 Å². The molecule has 0 aliphatic heterocycles. The van der Waals surface area contributed by atoms with Crippen LogP contribution < -0.4 is 10.6 Å². The van der Waals surface area contributed by atoms with Crippen LogP contribution in [0, 0.1) is 10.1 Å². The van der Waals surface area contributed by atoms with E-state index in [0.717, 1.165) is 24.8 Å². The van der Waals surface area contributed by atoms with Gasteiger partial charge in [0.15, 0.2) is 0 Å². The number of hydrogen-bond acceptors (Lipinski definition) is 6. The molecule has 1 aromatic carbocycles. The zero-order chi connectivity index (χ0) is 17.8. The van der Waals surface area contributed by atoms with Gasteiger partial charge in [-0.25, -0.2) is 0 Å². The van der Waals surface area contributed by atoms with Crippen molar-refractivity contribution in [2.75, 3.05) is 19.0 Å². The Bertz CT molecular complexity index is 759. The van der Waals surface area contributed by atoms with E-state index in [-0.39, 0.29) is 23.3 Å². The van der Waals surface area contributed by atoms with Crippen molar-refractivity contribution >= 4 is 11.4 Å². The fourth-order valence-corrected chi connectivity index (χ4v) is 3.41. The van der Waals surface area contributed by atoms with Crippen molar-refractivity contribution < 1.29 is 10.0 Å². The quantitative estimate of drug-likeness (QED) is 0.523. The van der Waals surface area contributed by atoms with Crippen LogP contribution >= 0.6 is 0 Å². The molecule has 0 radical (unpaired) electrons. The predicted molar refractivity (Wildman–Crippen MR) is 94.5 cm³/mol. The Morgan fingerprint density at radius 3 is 3.04 bits per heavy atom. The molecule has 0 saturated carbocycles. The molecule has 134 valence electrons. The highest BCUT2D eigenvalue weighted by atomic mass is 16.6. The number of nitro benzene ring substituents is 1. The number of benzene rings is 1. The van der Waals surface area contributed by atoms with E-state index in [4.69, 9.17) is 5.11 Å². The van der Waals surface area contributed by atoms with Gasteiger partial charge in [0.25, 0.3) is 5.69 Å². The zero-order valence-corrected chi connectivity index (χ0v) is 14.2. The SMILES string of the molecule is CNc1ccc(CN[C@H]2CCCc3c2cnn3CCO)cc1[N+](=O)[O-]. The van der Waals surface area contributed by atoms with E-state index in [9.17, 15) is 10.1 Å². The Morgan fingerprint density at radius 1 is 1.48 bits per heavy atom. The number of aromatic nitrogens is 2. The minimum absolute atomic E-state index is 0.0771. The van der Waals surface area contributed by atoms with E-state index in [1.54, 1.807) is 19.2 Å². The second kappa shape index (κ2) is 7.62. The van der Waals surface area contributed by atoms with Gasteiger partial charge >= 0.3 is 0 Å². The molecule has 0 spiro atoms. The van der Waals surface area contributed by atoms with Gasteiger partial charge in [-0.15, -0.1) is 0 Å². The average molecular weight is 345 g/mol. The van der Waals surface area contributed by atoms with Gasteiger partial charge in [-0.1, -0.05) is 6.07 Å². The van der Waals surface area contributed by atoms with Crippen LogP contribution in [0.25, 0.3) is 0 Å². The fourth-order valence-electron chi connectivity index (χ4n) is 3.41. The fraction of sp³-hybridized carbons (Fsp3) is 0.471. The molecule has 0 fully saturated rings. The minimum atomic E-state index is -0.368. The third kappa shape index (κ3) is 3.64. The summed E-state index contributed by atoms with van der Waals surface area (Å²) in [5, 5.41) is 31.0. The third-order valence-electron chi connectivity index (χ3n) is 4.66. The molecule has 8 heteroatoms. The van der Waals surface area contributed by atoms with Crippen LogP contribution in [-0.2, 0) is 19.5 Å². The lowest BCUT2D eigenvalue weighted by atomic mass is 9.92. The first-order valence-electron chi connectivity index (χ1n) is 8.48. The molecule has 1 atom stereocenters. The largest absolute Gasteiger partial charge is 0.394 e. The van der Waals surface area contributed by atoms with Gasteiger partial charge in [-0.05, 0) is 30.9 Å². The van der Waals surface area contributed by atoms with Crippen molar-refractivity contribution in [1.82, 2.24) is 15.1 Å². The molecule has 0 bridgehead atoms. The topological polar surface area (TPSA) is 105 Å². The number of aliphatic hydroxyl groups excluding tert-OH is 1. The molecule has 0 amide bonds. The van der Waals surface area contributed by atoms with Crippen molar-refractivity contribution in [1.29, 1.82) is 0 Å². The maximum atomic E-state index is 11.2. The van der Waals surface area contributed by atoms with Gasteiger partial charge in [0.05, 0.1) is 24.3 Å². The Morgan fingerprint density at radius 2 is 2.32 bits per heavy atom. The molecule has 1 aromatic heterocycles. The summed E-state index contributed by atoms with van der Waals surface area (Å²) in [7, 11) is 1.67. The summed E-state index contributed by atoms with van der Waals surface area (Å²) < 4.78 is 1.87. The number of hydrogen-bond donors (Lipinski definition) is 3. The summed E-state index contributed by atoms with van der Waals surface area (Å²) in [5.74, 6) is 0. The molecule has 1 aliphatic carbocycles. The number of aliphatic hydroxyl groups is 1. The van der Waals surface area contributed by atoms with Gasteiger partial charge in [-0.3, -0.25) is 14.8 Å². The summed E-state index contributed by atoms with van der Waals surface area (Å²) in [6.45, 7) is 1.15. The monoisotopic (exact) mass is 345 g/mol. The van der Waals surface area contributed by atoms with Crippen molar-refractivity contribution in [3.63, 3.8) is 0 Å². The van der Waals surface area contributed by atoms with Crippen LogP contribution in [0.15, 0.2) is 24.4 Å². The highest BCUT2D eigenvalue weighted by molar-refractivity contribution is 5.62. The number of anilines is 1. The molecular formula is C17H23N5O3. The molecule has 3 rings (SSSR count). The standard InChI is InChI=1S/C17H23N5O3/c1-18-15-6-5-12(9-17(15)22(24)25)10-19-14-3-2-4-16-13(14)11-20-21(16)7-8-23/h5-6,9,11,14,18-19,23H,2-4,7-8,10H2,1H3/t14-/m0/s1. The number of nitro groups is 1. The normalized spacial score (nSPS) is 16.5. The van der Waals surface area contributed by atoms with E-state index in [1.165, 1.54) is 11.3 Å². The van der Waals surface area contributed by atoms with E-state index < -0.39 is 0 Å². The first kappa shape index (κ1) is 17.4. The Labute approximate surface area is 146 Å². The summed E-state index contributed by atoms with van der Waals surface area (Å²) in [6, 6.07) is 5.42. The lowest BCUT2D eigenvalue weighted by molar-refractivity contribution is -0.384. The molecule has 8 nitrogen and oxygen atoms in total. The maximum absolute atomic E-state index is 11.2. The number of fused-ring (bicyclic) bond motifs is 1. The van der Waals surface area contributed by atoms with Gasteiger partial charge in [-0.2, -0.15) is 5.10 Å². The van der Waals surface area contributed by atoms with Crippen LogP contribution in [-0.4, -0.2) is 33.5 Å². The summed E-state index contributed by atoms with van der Waals surface area (Å²) in [5.41, 5.74) is 3.82. The van der Waals surface area contributed by atoms with Crippen molar-refractivity contribution in [3.8, 4) is 0 Å². The van der Waals surface area contributed by atoms with Gasteiger partial charge in [0, 0.05) is 37.0 Å². The Hall–Kier alpha value is -2.45. The number of nitrogens with zero attached hydrogens (tertiary/aromatic N) is 3. The molecule has 25 heavy (non-hydrogen) atoms. The predicted octanol–water partition coefficient (Wildman–Crippen LogP) is 1.99. The zero-order valence-electron chi connectivity index (χ0n) is 14.2. The number of rotatable bonds is 7. The van der Waals surface area contributed by atoms with Crippen molar-refractivity contribution in [2.24, 2.45) is 0 Å². The second-order valence-electron chi connectivity index (χ2n) is 6.18. The average Bonchev–Trinajstić information content (AvgIpc) is 3.03. The van der Waals surface area contributed by atoms with Crippen LogP contribution in [0.3, 0.4) is 0 Å². The molecular weight excluding hydrogens is 322 g/mol. The smallest absolute Gasteiger partial charge is 0.292 e. The summed E-state index contributed by atoms with van der Waals surface area (Å²) in [6.07, 6.45) is 4.90. The molecule has 0 unspecified atom stereocenters. The van der Waals surface area contributed by atoms with Gasteiger partial charge in [0.1, 0.15) is 5.69 Å². The second-order valence-corrected chi connectivity index (χ2v) is 6.18. The van der Waals surface area contributed by atoms with Crippen molar-refractivity contribution in [3.05, 3.63) is 51.3 Å². The first-order chi connectivity index (χ1) is 12.1. The Kier molecular flexibility index (Phi) is 5.30. The molecule has 0 saturated heterocycles. The van der Waals surface area contributed by atoms with Gasteiger partial charge in [0.2, 0.25) is 0 Å².